The first-order valence-electron chi connectivity index (χ1n) is 7.03. The van der Waals surface area contributed by atoms with Crippen molar-refractivity contribution in [1.82, 2.24) is 9.78 Å². The molecule has 0 atom stereocenters. The van der Waals surface area contributed by atoms with Gasteiger partial charge in [-0.2, -0.15) is 9.78 Å². The first kappa shape index (κ1) is 14.8. The van der Waals surface area contributed by atoms with Crippen molar-refractivity contribution in [3.8, 4) is 0 Å². The lowest BCUT2D eigenvalue weighted by Gasteiger charge is -2.06. The summed E-state index contributed by atoms with van der Waals surface area (Å²) in [6, 6.07) is 16.5. The van der Waals surface area contributed by atoms with Crippen molar-refractivity contribution in [1.29, 1.82) is 0 Å². The Balaban J connectivity index is 1.53. The fourth-order valence-electron chi connectivity index (χ4n) is 2.08. The van der Waals surface area contributed by atoms with E-state index in [1.807, 2.05) is 42.5 Å². The second-order valence-electron chi connectivity index (χ2n) is 4.82. The predicted octanol–water partition coefficient (Wildman–Crippen LogP) is 2.76. The fraction of sp³-hybridized carbons (Fsp3) is 0.118. The number of carbonyl (C=O) groups excluding carboxylic acids is 2. The molecule has 116 valence electrons. The molecule has 0 saturated heterocycles. The average molecular weight is 310 g/mol. The molecule has 0 radical (unpaired) electrons. The molecule has 0 amide bonds. The highest BCUT2D eigenvalue weighted by Gasteiger charge is 2.14. The van der Waals surface area contributed by atoms with Crippen LogP contribution in [0.25, 0.3) is 10.9 Å². The molecule has 6 nitrogen and oxygen atoms in total. The van der Waals surface area contributed by atoms with Gasteiger partial charge in [0.05, 0.1) is 11.7 Å². The Morgan fingerprint density at radius 1 is 0.957 bits per heavy atom. The van der Waals surface area contributed by atoms with Crippen molar-refractivity contribution in [3.63, 3.8) is 0 Å². The molecule has 0 unspecified atom stereocenters. The standard InChI is InChI=1S/C17H14N2O4/c20-16(22-11-13-6-2-1-3-7-13)12-23-17(21)19-15-9-5-4-8-14(15)10-18-19/h1-10H,11-12H2. The zero-order valence-electron chi connectivity index (χ0n) is 12.2. The summed E-state index contributed by atoms with van der Waals surface area (Å²) in [6.07, 6.45) is 0.840. The molecule has 3 rings (SSSR count). The number of hydrogen-bond donors (Lipinski definition) is 0. The van der Waals surface area contributed by atoms with Crippen molar-refractivity contribution in [3.05, 3.63) is 66.4 Å². The molecule has 2 aromatic carbocycles. The van der Waals surface area contributed by atoms with Crippen LogP contribution in [-0.2, 0) is 20.9 Å². The van der Waals surface area contributed by atoms with E-state index in [4.69, 9.17) is 9.47 Å². The maximum Gasteiger partial charge on any atom is 0.435 e. The number of hydrogen-bond acceptors (Lipinski definition) is 5. The van der Waals surface area contributed by atoms with Crippen molar-refractivity contribution in [2.45, 2.75) is 6.61 Å². The third kappa shape index (κ3) is 3.55. The van der Waals surface area contributed by atoms with Crippen LogP contribution in [0, 0.1) is 0 Å². The molecule has 0 spiro atoms. The maximum atomic E-state index is 12.0. The van der Waals surface area contributed by atoms with Crippen molar-refractivity contribution in [2.24, 2.45) is 0 Å². The number of para-hydroxylation sites is 1. The van der Waals surface area contributed by atoms with Gasteiger partial charge in [-0.05, 0) is 11.6 Å². The van der Waals surface area contributed by atoms with Gasteiger partial charge in [0.2, 0.25) is 0 Å². The van der Waals surface area contributed by atoms with Gasteiger partial charge in [0.15, 0.2) is 6.61 Å². The smallest absolute Gasteiger partial charge is 0.435 e. The third-order valence-corrected chi connectivity index (χ3v) is 3.21. The largest absolute Gasteiger partial charge is 0.458 e. The molecular weight excluding hydrogens is 296 g/mol. The van der Waals surface area contributed by atoms with E-state index in [0.29, 0.717) is 5.52 Å². The van der Waals surface area contributed by atoms with Crippen molar-refractivity contribution >= 4 is 23.0 Å². The monoisotopic (exact) mass is 310 g/mol. The molecule has 0 aliphatic carbocycles. The van der Waals surface area contributed by atoms with E-state index in [0.717, 1.165) is 15.6 Å². The van der Waals surface area contributed by atoms with Gasteiger partial charge in [0, 0.05) is 5.39 Å². The third-order valence-electron chi connectivity index (χ3n) is 3.21. The maximum absolute atomic E-state index is 12.0. The summed E-state index contributed by atoms with van der Waals surface area (Å²) in [6.45, 7) is -0.318. The Morgan fingerprint density at radius 3 is 2.52 bits per heavy atom. The molecule has 1 heterocycles. The highest BCUT2D eigenvalue weighted by atomic mass is 16.6. The Labute approximate surface area is 132 Å². The van der Waals surface area contributed by atoms with E-state index in [2.05, 4.69) is 5.10 Å². The van der Waals surface area contributed by atoms with E-state index in [1.165, 1.54) is 0 Å². The normalized spacial score (nSPS) is 10.4. The van der Waals surface area contributed by atoms with Gasteiger partial charge >= 0.3 is 12.1 Å². The molecule has 0 bridgehead atoms. The number of aromatic nitrogens is 2. The van der Waals surface area contributed by atoms with Crippen LogP contribution in [0.15, 0.2) is 60.8 Å². The van der Waals surface area contributed by atoms with E-state index in [-0.39, 0.29) is 6.61 Å². The number of nitrogens with zero attached hydrogens (tertiary/aromatic N) is 2. The van der Waals surface area contributed by atoms with Crippen LogP contribution in [0.4, 0.5) is 4.79 Å². The molecule has 6 heteroatoms. The lowest BCUT2D eigenvalue weighted by molar-refractivity contribution is -0.148. The van der Waals surface area contributed by atoms with Crippen LogP contribution < -0.4 is 0 Å². The van der Waals surface area contributed by atoms with Crippen LogP contribution >= 0.6 is 0 Å². The van der Waals surface area contributed by atoms with Gasteiger partial charge < -0.3 is 9.47 Å². The Hall–Kier alpha value is -3.15. The summed E-state index contributed by atoms with van der Waals surface area (Å²) in [4.78, 5) is 23.6. The summed E-state index contributed by atoms with van der Waals surface area (Å²) in [5.41, 5.74) is 1.49. The molecule has 1 aromatic heterocycles. The lowest BCUT2D eigenvalue weighted by atomic mass is 10.2. The molecule has 0 fully saturated rings. The van der Waals surface area contributed by atoms with Gasteiger partial charge in [0.1, 0.15) is 6.61 Å². The van der Waals surface area contributed by atoms with Crippen LogP contribution in [0.5, 0.6) is 0 Å². The first-order valence-corrected chi connectivity index (χ1v) is 7.03. The van der Waals surface area contributed by atoms with Gasteiger partial charge in [-0.1, -0.05) is 48.5 Å². The zero-order valence-corrected chi connectivity index (χ0v) is 12.2. The predicted molar refractivity (Wildman–Crippen MR) is 82.7 cm³/mol. The summed E-state index contributed by atoms with van der Waals surface area (Å²) >= 11 is 0. The van der Waals surface area contributed by atoms with Crippen LogP contribution in [0.3, 0.4) is 0 Å². The summed E-state index contributed by atoms with van der Waals surface area (Å²) in [5.74, 6) is -0.612. The Kier molecular flexibility index (Phi) is 4.33. The van der Waals surface area contributed by atoms with E-state index in [9.17, 15) is 9.59 Å². The Morgan fingerprint density at radius 2 is 1.70 bits per heavy atom. The molecule has 0 aliphatic heterocycles. The Bertz CT molecular complexity index is 827. The van der Waals surface area contributed by atoms with E-state index in [1.54, 1.807) is 18.3 Å². The van der Waals surface area contributed by atoms with Crippen LogP contribution in [-0.4, -0.2) is 28.4 Å². The number of benzene rings is 2. The minimum absolute atomic E-state index is 0.141. The average Bonchev–Trinajstić information content (AvgIpc) is 3.03. The fourth-order valence-corrected chi connectivity index (χ4v) is 2.08. The molecule has 0 N–H and O–H groups in total. The summed E-state index contributed by atoms with van der Waals surface area (Å²) in [5, 5.41) is 4.77. The second-order valence-corrected chi connectivity index (χ2v) is 4.82. The van der Waals surface area contributed by atoms with E-state index >= 15 is 0 Å². The van der Waals surface area contributed by atoms with E-state index < -0.39 is 18.7 Å². The minimum Gasteiger partial charge on any atom is -0.458 e. The van der Waals surface area contributed by atoms with Crippen LogP contribution in [0.1, 0.15) is 5.56 Å². The number of fused-ring (bicyclic) bond motifs is 1. The molecule has 0 aliphatic rings. The highest BCUT2D eigenvalue weighted by molar-refractivity contribution is 5.88. The van der Waals surface area contributed by atoms with Crippen molar-refractivity contribution in [2.75, 3.05) is 6.61 Å². The van der Waals surface area contributed by atoms with Gasteiger partial charge in [-0.25, -0.2) is 9.59 Å². The van der Waals surface area contributed by atoms with Gasteiger partial charge in [0.25, 0.3) is 0 Å². The zero-order chi connectivity index (χ0) is 16.1. The molecule has 0 saturated carbocycles. The highest BCUT2D eigenvalue weighted by Crippen LogP contribution is 2.12. The lowest BCUT2D eigenvalue weighted by Crippen LogP contribution is -2.21. The van der Waals surface area contributed by atoms with Crippen LogP contribution in [0.2, 0.25) is 0 Å². The molecule has 23 heavy (non-hydrogen) atoms. The quantitative estimate of drug-likeness (QED) is 0.693. The molecular formula is C17H14N2O4. The number of ether oxygens (including phenoxy) is 2. The number of carbonyl (C=O) groups is 2. The molecule has 3 aromatic rings. The summed E-state index contributed by atoms with van der Waals surface area (Å²) < 4.78 is 11.1. The van der Waals surface area contributed by atoms with Gasteiger partial charge in [-0.15, -0.1) is 0 Å². The SMILES string of the molecule is O=C(COC(=O)n1ncc2ccccc21)OCc1ccccc1. The van der Waals surface area contributed by atoms with Crippen molar-refractivity contribution < 1.29 is 19.1 Å². The topological polar surface area (TPSA) is 70.4 Å². The number of esters is 1. The van der Waals surface area contributed by atoms with Gasteiger partial charge in [-0.3, -0.25) is 0 Å². The summed E-state index contributed by atoms with van der Waals surface area (Å²) in [7, 11) is 0. The minimum atomic E-state index is -0.720. The first-order chi connectivity index (χ1) is 11.2. The second kappa shape index (κ2) is 6.74. The number of rotatable bonds is 4.